The Bertz CT molecular complexity index is 946. The number of primary amides is 1. The minimum absolute atomic E-state index is 0.0961. The van der Waals surface area contributed by atoms with Crippen molar-refractivity contribution in [3.8, 4) is 0 Å². The molecule has 27 heavy (non-hydrogen) atoms. The molecule has 0 saturated carbocycles. The summed E-state index contributed by atoms with van der Waals surface area (Å²) in [4.78, 5) is 36.1. The van der Waals surface area contributed by atoms with Gasteiger partial charge in [-0.2, -0.15) is 5.10 Å². The average Bonchev–Trinajstić information content (AvgIpc) is 3.03. The van der Waals surface area contributed by atoms with Crippen LogP contribution in [0.1, 0.15) is 45.5 Å². The number of nitro groups is 1. The summed E-state index contributed by atoms with van der Waals surface area (Å²) in [5.74, 6) is -0.445. The smallest absolute Gasteiger partial charge is 0.312 e. The molecule has 2 heterocycles. The number of hydrogen-bond donors (Lipinski definition) is 2. The van der Waals surface area contributed by atoms with Crippen molar-refractivity contribution in [3.63, 3.8) is 0 Å². The quantitative estimate of drug-likeness (QED) is 0.596. The first-order valence-corrected chi connectivity index (χ1v) is 9.43. The first-order valence-electron chi connectivity index (χ1n) is 8.61. The first kappa shape index (κ1) is 19.0. The lowest BCUT2D eigenvalue weighted by molar-refractivity contribution is -0.386. The highest BCUT2D eigenvalue weighted by Crippen LogP contribution is 2.39. The summed E-state index contributed by atoms with van der Waals surface area (Å²) in [6.45, 7) is 5.04. The van der Waals surface area contributed by atoms with Gasteiger partial charge in [0.1, 0.15) is 22.9 Å². The zero-order valence-corrected chi connectivity index (χ0v) is 16.2. The van der Waals surface area contributed by atoms with Crippen LogP contribution in [0, 0.1) is 29.9 Å². The van der Waals surface area contributed by atoms with Gasteiger partial charge in [-0.15, -0.1) is 11.3 Å². The molecule has 0 unspecified atom stereocenters. The standard InChI is InChI=1S/C17H21N5O4S/c1-8-4-5-11-12(6-8)27-17(14(11)16(18)24)19-13(23)7-21-10(3)15(22(25)26)9(2)20-21/h8H,4-7H2,1-3H3,(H2,18,24)(H,19,23)/t8-/m0/s1. The second kappa shape index (κ2) is 7.10. The maximum Gasteiger partial charge on any atom is 0.312 e. The molecule has 0 saturated heterocycles. The van der Waals surface area contributed by atoms with Crippen molar-refractivity contribution in [3.05, 3.63) is 37.5 Å². The van der Waals surface area contributed by atoms with E-state index in [9.17, 15) is 19.7 Å². The summed E-state index contributed by atoms with van der Waals surface area (Å²) < 4.78 is 1.29. The molecule has 0 bridgehead atoms. The Morgan fingerprint density at radius 3 is 2.74 bits per heavy atom. The molecule has 2 amide bonds. The molecule has 2 aromatic rings. The first-order chi connectivity index (χ1) is 12.7. The zero-order chi connectivity index (χ0) is 19.9. The molecule has 1 aliphatic rings. The summed E-state index contributed by atoms with van der Waals surface area (Å²) in [6.07, 6.45) is 2.61. The summed E-state index contributed by atoms with van der Waals surface area (Å²) in [7, 11) is 0. The molecule has 0 fully saturated rings. The van der Waals surface area contributed by atoms with Crippen LogP contribution >= 0.6 is 11.3 Å². The molecule has 10 heteroatoms. The van der Waals surface area contributed by atoms with Gasteiger partial charge in [-0.1, -0.05) is 6.92 Å². The lowest BCUT2D eigenvalue weighted by atomic mass is 9.88. The number of anilines is 1. The molecular formula is C17H21N5O4S. The lowest BCUT2D eigenvalue weighted by Gasteiger charge is -2.18. The third-order valence-corrected chi connectivity index (χ3v) is 6.00. The van der Waals surface area contributed by atoms with E-state index in [-0.39, 0.29) is 17.9 Å². The van der Waals surface area contributed by atoms with Gasteiger partial charge in [-0.25, -0.2) is 0 Å². The largest absolute Gasteiger partial charge is 0.365 e. The third kappa shape index (κ3) is 3.57. The van der Waals surface area contributed by atoms with Gasteiger partial charge in [0.2, 0.25) is 5.91 Å². The monoisotopic (exact) mass is 391 g/mol. The van der Waals surface area contributed by atoms with E-state index in [1.165, 1.54) is 22.9 Å². The fourth-order valence-corrected chi connectivity index (χ4v) is 4.94. The van der Waals surface area contributed by atoms with Crippen molar-refractivity contribution in [2.24, 2.45) is 11.7 Å². The van der Waals surface area contributed by atoms with Crippen molar-refractivity contribution in [2.45, 2.75) is 46.6 Å². The number of thiophene rings is 1. The summed E-state index contributed by atoms with van der Waals surface area (Å²) in [5.41, 5.74) is 7.33. The molecule has 0 spiro atoms. The van der Waals surface area contributed by atoms with Gasteiger partial charge in [0.05, 0.1) is 10.5 Å². The molecule has 3 rings (SSSR count). The number of aromatic nitrogens is 2. The predicted octanol–water partition coefficient (Wildman–Crippen LogP) is 2.33. The maximum absolute atomic E-state index is 12.5. The van der Waals surface area contributed by atoms with Gasteiger partial charge in [0, 0.05) is 4.88 Å². The Kier molecular flexibility index (Phi) is 5.01. The Morgan fingerprint density at radius 1 is 1.44 bits per heavy atom. The Balaban J connectivity index is 1.84. The van der Waals surface area contributed by atoms with Crippen LogP contribution in [0.25, 0.3) is 0 Å². The summed E-state index contributed by atoms with van der Waals surface area (Å²) in [6, 6.07) is 0. The van der Waals surface area contributed by atoms with Crippen molar-refractivity contribution < 1.29 is 14.5 Å². The Hall–Kier alpha value is -2.75. The molecule has 2 aromatic heterocycles. The van der Waals surface area contributed by atoms with Crippen LogP contribution in [0.3, 0.4) is 0 Å². The molecular weight excluding hydrogens is 370 g/mol. The molecule has 9 nitrogen and oxygen atoms in total. The number of rotatable bonds is 5. The van der Waals surface area contributed by atoms with Gasteiger partial charge in [-0.05, 0) is 44.6 Å². The second-order valence-electron chi connectivity index (χ2n) is 6.90. The number of nitrogens with two attached hydrogens (primary N) is 1. The maximum atomic E-state index is 12.5. The zero-order valence-electron chi connectivity index (χ0n) is 15.4. The molecule has 0 aliphatic heterocycles. The van der Waals surface area contributed by atoms with Crippen LogP contribution in [-0.4, -0.2) is 26.5 Å². The number of amides is 2. The normalized spacial score (nSPS) is 16.0. The molecule has 3 N–H and O–H groups in total. The van der Waals surface area contributed by atoms with Gasteiger partial charge in [0.15, 0.2) is 0 Å². The number of carbonyl (C=O) groups excluding carboxylic acids is 2. The van der Waals surface area contributed by atoms with Crippen molar-refractivity contribution in [1.82, 2.24) is 9.78 Å². The van der Waals surface area contributed by atoms with Crippen molar-refractivity contribution in [2.75, 3.05) is 5.32 Å². The van der Waals surface area contributed by atoms with Gasteiger partial charge < -0.3 is 11.1 Å². The van der Waals surface area contributed by atoms with E-state index in [0.29, 0.717) is 22.2 Å². The summed E-state index contributed by atoms with van der Waals surface area (Å²) >= 11 is 1.38. The van der Waals surface area contributed by atoms with E-state index in [2.05, 4.69) is 17.3 Å². The van der Waals surface area contributed by atoms with Gasteiger partial charge in [-0.3, -0.25) is 24.4 Å². The van der Waals surface area contributed by atoms with Crippen LogP contribution < -0.4 is 11.1 Å². The van der Waals surface area contributed by atoms with Crippen LogP contribution in [0.15, 0.2) is 0 Å². The topological polar surface area (TPSA) is 133 Å². The van der Waals surface area contributed by atoms with Crippen molar-refractivity contribution >= 4 is 33.8 Å². The fraction of sp³-hybridized carbons (Fsp3) is 0.471. The SMILES string of the molecule is Cc1nn(CC(=O)Nc2sc3c(c2C(N)=O)CC[C@H](C)C3)c(C)c1[N+](=O)[O-]. The van der Waals surface area contributed by atoms with E-state index < -0.39 is 16.7 Å². The highest BCUT2D eigenvalue weighted by molar-refractivity contribution is 7.17. The number of nitrogens with zero attached hydrogens (tertiary/aromatic N) is 3. The summed E-state index contributed by atoms with van der Waals surface area (Å²) in [5, 5.41) is 18.4. The molecule has 1 aliphatic carbocycles. The average molecular weight is 391 g/mol. The number of nitrogens with one attached hydrogen (secondary N) is 1. The third-order valence-electron chi connectivity index (χ3n) is 4.83. The minimum Gasteiger partial charge on any atom is -0.365 e. The molecule has 144 valence electrons. The van der Waals surface area contributed by atoms with E-state index >= 15 is 0 Å². The second-order valence-corrected chi connectivity index (χ2v) is 8.01. The Morgan fingerprint density at radius 2 is 2.15 bits per heavy atom. The number of aryl methyl sites for hydroxylation is 1. The minimum atomic E-state index is -0.556. The van der Waals surface area contributed by atoms with E-state index in [0.717, 1.165) is 29.7 Å². The highest BCUT2D eigenvalue weighted by Gasteiger charge is 2.28. The molecule has 0 radical (unpaired) electrons. The molecule has 0 aromatic carbocycles. The van der Waals surface area contributed by atoms with Crippen LogP contribution in [0.4, 0.5) is 10.7 Å². The van der Waals surface area contributed by atoms with Gasteiger partial charge in [0.25, 0.3) is 5.91 Å². The predicted molar refractivity (Wildman–Crippen MR) is 101 cm³/mol. The number of fused-ring (bicyclic) bond motifs is 1. The number of carbonyl (C=O) groups is 2. The Labute approximate surface area is 159 Å². The van der Waals surface area contributed by atoms with Crippen LogP contribution in [0.2, 0.25) is 0 Å². The molecule has 1 atom stereocenters. The van der Waals surface area contributed by atoms with E-state index in [1.54, 1.807) is 6.92 Å². The van der Waals surface area contributed by atoms with Crippen molar-refractivity contribution in [1.29, 1.82) is 0 Å². The van der Waals surface area contributed by atoms with Crippen LogP contribution in [-0.2, 0) is 24.2 Å². The van der Waals surface area contributed by atoms with Gasteiger partial charge >= 0.3 is 5.69 Å². The van der Waals surface area contributed by atoms with E-state index in [4.69, 9.17) is 5.73 Å². The van der Waals surface area contributed by atoms with Crippen LogP contribution in [0.5, 0.6) is 0 Å². The lowest BCUT2D eigenvalue weighted by Crippen LogP contribution is -2.22. The van der Waals surface area contributed by atoms with E-state index in [1.807, 2.05) is 0 Å². The highest BCUT2D eigenvalue weighted by atomic mass is 32.1. The fourth-order valence-electron chi connectivity index (χ4n) is 3.51. The number of hydrogen-bond acceptors (Lipinski definition) is 6.